The molecule has 1 aliphatic heterocycles. The Bertz CT molecular complexity index is 1080. The van der Waals surface area contributed by atoms with E-state index in [2.05, 4.69) is 66.8 Å². The van der Waals surface area contributed by atoms with Gasteiger partial charge in [0.15, 0.2) is 5.82 Å². The number of anilines is 1. The number of rotatable bonds is 5. The molecule has 0 unspecified atom stereocenters. The number of aromatic nitrogens is 5. The van der Waals surface area contributed by atoms with Crippen molar-refractivity contribution in [1.82, 2.24) is 30.7 Å². The van der Waals surface area contributed by atoms with Crippen molar-refractivity contribution in [2.24, 2.45) is 0 Å². The summed E-state index contributed by atoms with van der Waals surface area (Å²) in [4.78, 5) is 6.97. The Morgan fingerprint density at radius 2 is 1.97 bits per heavy atom. The molecule has 1 aliphatic rings. The van der Waals surface area contributed by atoms with Crippen LogP contribution < -0.4 is 10.2 Å². The number of hydrogen-bond acceptors (Lipinski definition) is 7. The van der Waals surface area contributed by atoms with E-state index in [1.165, 1.54) is 0 Å². The van der Waals surface area contributed by atoms with Crippen LogP contribution in [0.2, 0.25) is 0 Å². The summed E-state index contributed by atoms with van der Waals surface area (Å²) in [6, 6.07) is 8.91. The zero-order valence-corrected chi connectivity index (χ0v) is 17.1. The molecule has 5 rings (SSSR count). The molecule has 0 bridgehead atoms. The molecule has 1 aromatic carbocycles. The lowest BCUT2D eigenvalue weighted by Crippen LogP contribution is -2.43. The highest BCUT2D eigenvalue weighted by molar-refractivity contribution is 7.17. The van der Waals surface area contributed by atoms with Gasteiger partial charge in [-0.25, -0.2) is 4.98 Å². The highest BCUT2D eigenvalue weighted by Gasteiger charge is 2.21. The fourth-order valence-corrected chi connectivity index (χ4v) is 4.97. The average Bonchev–Trinajstić information content (AvgIpc) is 3.47. The van der Waals surface area contributed by atoms with E-state index in [1.807, 2.05) is 17.9 Å². The molecule has 3 aromatic heterocycles. The van der Waals surface area contributed by atoms with Crippen LogP contribution in [0, 0.1) is 0 Å². The predicted octanol–water partition coefficient (Wildman–Crippen LogP) is 3.72. The summed E-state index contributed by atoms with van der Waals surface area (Å²) in [7, 11) is 0. The van der Waals surface area contributed by atoms with Gasteiger partial charge in [-0.1, -0.05) is 12.1 Å². The Hall–Kier alpha value is -2.84. The number of nitrogens with one attached hydrogen (secondary N) is 2. The van der Waals surface area contributed by atoms with Gasteiger partial charge in [0.1, 0.15) is 0 Å². The summed E-state index contributed by atoms with van der Waals surface area (Å²) >= 11 is 1.63. The Morgan fingerprint density at radius 3 is 2.69 bits per heavy atom. The summed E-state index contributed by atoms with van der Waals surface area (Å²) in [5.41, 5.74) is 6.92. The second-order valence-electron chi connectivity index (χ2n) is 7.22. The normalized spacial score (nSPS) is 15.1. The van der Waals surface area contributed by atoms with Gasteiger partial charge in [0, 0.05) is 35.5 Å². The topological polar surface area (TPSA) is 82.6 Å². The molecule has 7 nitrogen and oxygen atoms in total. The van der Waals surface area contributed by atoms with Gasteiger partial charge in [-0.15, -0.1) is 21.5 Å². The molecular weight excluding hydrogens is 382 g/mol. The SMILES string of the molecule is CCN(c1ccc(-c2ccc(-c3cn[nH]c3)c3ncsc23)nn1)C1CCNCC1. The van der Waals surface area contributed by atoms with Gasteiger partial charge >= 0.3 is 0 Å². The van der Waals surface area contributed by atoms with Crippen LogP contribution in [0.5, 0.6) is 0 Å². The summed E-state index contributed by atoms with van der Waals surface area (Å²) < 4.78 is 1.12. The zero-order valence-electron chi connectivity index (χ0n) is 16.3. The number of fused-ring (bicyclic) bond motifs is 1. The van der Waals surface area contributed by atoms with Crippen molar-refractivity contribution in [3.05, 3.63) is 42.2 Å². The molecule has 0 atom stereocenters. The van der Waals surface area contributed by atoms with E-state index in [4.69, 9.17) is 0 Å². The van der Waals surface area contributed by atoms with Crippen LogP contribution in [0.3, 0.4) is 0 Å². The molecule has 0 radical (unpaired) electrons. The van der Waals surface area contributed by atoms with Gasteiger partial charge < -0.3 is 10.2 Å². The summed E-state index contributed by atoms with van der Waals surface area (Å²) in [6.45, 7) is 5.27. The maximum absolute atomic E-state index is 4.60. The lowest BCUT2D eigenvalue weighted by atomic mass is 10.0. The Balaban J connectivity index is 1.48. The van der Waals surface area contributed by atoms with Gasteiger partial charge in [-0.3, -0.25) is 5.10 Å². The number of piperidine rings is 1. The van der Waals surface area contributed by atoms with Gasteiger partial charge in [-0.2, -0.15) is 5.10 Å². The standard InChI is InChI=1S/C21H23N7S/c1-2-28(15-7-9-22-10-8-15)19-6-5-18(26-27-19)17-4-3-16(14-11-24-25-12-14)20-21(17)29-13-23-20/h3-6,11-13,15,22H,2,7-10H2,1H3,(H,24,25). The summed E-state index contributed by atoms with van der Waals surface area (Å²) in [6.07, 6.45) is 6.01. The van der Waals surface area contributed by atoms with E-state index in [0.717, 1.165) is 70.9 Å². The molecule has 0 amide bonds. The molecule has 0 spiro atoms. The second kappa shape index (κ2) is 7.88. The van der Waals surface area contributed by atoms with Crippen molar-refractivity contribution in [2.45, 2.75) is 25.8 Å². The van der Waals surface area contributed by atoms with Crippen LogP contribution in [0.15, 0.2) is 42.2 Å². The van der Waals surface area contributed by atoms with E-state index in [9.17, 15) is 0 Å². The lowest BCUT2D eigenvalue weighted by Gasteiger charge is -2.34. The van der Waals surface area contributed by atoms with Crippen molar-refractivity contribution in [3.8, 4) is 22.4 Å². The molecule has 2 N–H and O–H groups in total. The molecule has 0 saturated carbocycles. The molecule has 1 saturated heterocycles. The van der Waals surface area contributed by atoms with E-state index in [0.29, 0.717) is 6.04 Å². The van der Waals surface area contributed by atoms with Crippen molar-refractivity contribution < 1.29 is 0 Å². The van der Waals surface area contributed by atoms with Crippen LogP contribution in [0.4, 0.5) is 5.82 Å². The van der Waals surface area contributed by atoms with Gasteiger partial charge in [-0.05, 0) is 45.0 Å². The van der Waals surface area contributed by atoms with Crippen molar-refractivity contribution in [3.63, 3.8) is 0 Å². The van der Waals surface area contributed by atoms with E-state index in [1.54, 1.807) is 11.3 Å². The first kappa shape index (κ1) is 18.2. The number of hydrogen-bond donors (Lipinski definition) is 2. The van der Waals surface area contributed by atoms with Crippen LogP contribution in [-0.4, -0.2) is 51.1 Å². The highest BCUT2D eigenvalue weighted by atomic mass is 32.1. The second-order valence-corrected chi connectivity index (χ2v) is 8.08. The average molecular weight is 406 g/mol. The number of thiazole rings is 1. The molecule has 0 aliphatic carbocycles. The minimum Gasteiger partial charge on any atom is -0.352 e. The van der Waals surface area contributed by atoms with Gasteiger partial charge in [0.25, 0.3) is 0 Å². The molecule has 8 heteroatoms. The number of nitrogens with zero attached hydrogens (tertiary/aromatic N) is 5. The molecule has 4 heterocycles. The number of benzene rings is 1. The molecule has 4 aromatic rings. The Kier molecular flexibility index (Phi) is 4.95. The van der Waals surface area contributed by atoms with E-state index >= 15 is 0 Å². The summed E-state index contributed by atoms with van der Waals surface area (Å²) in [5, 5.41) is 19.5. The third kappa shape index (κ3) is 3.38. The largest absolute Gasteiger partial charge is 0.352 e. The number of aromatic amines is 1. The van der Waals surface area contributed by atoms with Crippen molar-refractivity contribution in [1.29, 1.82) is 0 Å². The minimum absolute atomic E-state index is 0.531. The monoisotopic (exact) mass is 405 g/mol. The van der Waals surface area contributed by atoms with Crippen molar-refractivity contribution in [2.75, 3.05) is 24.5 Å². The maximum Gasteiger partial charge on any atom is 0.151 e. The zero-order chi connectivity index (χ0) is 19.6. The maximum atomic E-state index is 4.60. The smallest absolute Gasteiger partial charge is 0.151 e. The first-order chi connectivity index (χ1) is 14.3. The van der Waals surface area contributed by atoms with Crippen LogP contribution in [0.25, 0.3) is 32.6 Å². The quantitative estimate of drug-likeness (QED) is 0.527. The Labute approximate surface area is 173 Å². The molecule has 1 fully saturated rings. The fraction of sp³-hybridized carbons (Fsp3) is 0.333. The van der Waals surface area contributed by atoms with E-state index < -0.39 is 0 Å². The van der Waals surface area contributed by atoms with Crippen LogP contribution >= 0.6 is 11.3 Å². The number of H-pyrrole nitrogens is 1. The van der Waals surface area contributed by atoms with Gasteiger partial charge in [0.2, 0.25) is 0 Å². The van der Waals surface area contributed by atoms with Gasteiger partial charge in [0.05, 0.1) is 27.6 Å². The van der Waals surface area contributed by atoms with Crippen LogP contribution in [0.1, 0.15) is 19.8 Å². The fourth-order valence-electron chi connectivity index (χ4n) is 4.13. The third-order valence-corrected chi connectivity index (χ3v) is 6.46. The minimum atomic E-state index is 0.531. The first-order valence-electron chi connectivity index (χ1n) is 10.0. The summed E-state index contributed by atoms with van der Waals surface area (Å²) in [5.74, 6) is 0.957. The first-order valence-corrected chi connectivity index (χ1v) is 10.9. The lowest BCUT2D eigenvalue weighted by molar-refractivity contribution is 0.431. The molecular formula is C21H23N7S. The highest BCUT2D eigenvalue weighted by Crippen LogP contribution is 2.36. The predicted molar refractivity (Wildman–Crippen MR) is 117 cm³/mol. The Morgan fingerprint density at radius 1 is 1.10 bits per heavy atom. The van der Waals surface area contributed by atoms with E-state index in [-0.39, 0.29) is 0 Å². The van der Waals surface area contributed by atoms with Crippen LogP contribution in [-0.2, 0) is 0 Å². The molecule has 148 valence electrons. The third-order valence-electron chi connectivity index (χ3n) is 5.60. The molecule has 29 heavy (non-hydrogen) atoms. The van der Waals surface area contributed by atoms with Crippen molar-refractivity contribution >= 4 is 27.4 Å².